The van der Waals surface area contributed by atoms with Crippen LogP contribution in [0.5, 0.6) is 0 Å². The highest BCUT2D eigenvalue weighted by Gasteiger charge is 2.13. The van der Waals surface area contributed by atoms with Crippen LogP contribution >= 0.6 is 0 Å². The van der Waals surface area contributed by atoms with Crippen LogP contribution in [0, 0.1) is 0 Å². The first-order chi connectivity index (χ1) is 9.99. The summed E-state index contributed by atoms with van der Waals surface area (Å²) in [7, 11) is -3.53. The largest absolute Gasteiger partial charge is 0.389 e. The number of hydrogen-bond acceptors (Lipinski definition) is 4. The molecule has 2 N–H and O–H groups in total. The van der Waals surface area contributed by atoms with Gasteiger partial charge in [-0.1, -0.05) is 18.2 Å². The molecule has 1 unspecified atom stereocenters. The Morgan fingerprint density at radius 1 is 1.19 bits per heavy atom. The van der Waals surface area contributed by atoms with Crippen molar-refractivity contribution in [3.63, 3.8) is 0 Å². The van der Waals surface area contributed by atoms with E-state index in [2.05, 4.69) is 9.71 Å². The normalized spacial score (nSPS) is 13.0. The first kappa shape index (κ1) is 15.6. The molecular formula is C15H18N2O3S. The molecule has 1 aromatic carbocycles. The Balaban J connectivity index is 1.98. The van der Waals surface area contributed by atoms with Gasteiger partial charge in [-0.05, 0) is 36.8 Å². The summed E-state index contributed by atoms with van der Waals surface area (Å²) in [6, 6.07) is 11.7. The zero-order valence-corrected chi connectivity index (χ0v) is 12.5. The molecule has 1 atom stereocenters. The van der Waals surface area contributed by atoms with E-state index in [4.69, 9.17) is 0 Å². The van der Waals surface area contributed by atoms with Gasteiger partial charge in [0.2, 0.25) is 10.0 Å². The monoisotopic (exact) mass is 306 g/mol. The third-order valence-electron chi connectivity index (χ3n) is 3.07. The number of aliphatic hydroxyl groups is 1. The summed E-state index contributed by atoms with van der Waals surface area (Å²) in [6.45, 7) is 1.92. The Kier molecular flexibility index (Phi) is 5.06. The summed E-state index contributed by atoms with van der Waals surface area (Å²) < 4.78 is 26.8. The SMILES string of the molecule is CC(O)c1ccc(S(=O)(=O)NCCc2ccccn2)cc1. The minimum Gasteiger partial charge on any atom is -0.389 e. The molecule has 0 saturated carbocycles. The molecule has 0 fully saturated rings. The van der Waals surface area contributed by atoms with E-state index in [1.807, 2.05) is 18.2 Å². The lowest BCUT2D eigenvalue weighted by Gasteiger charge is -2.08. The lowest BCUT2D eigenvalue weighted by atomic mass is 10.1. The van der Waals surface area contributed by atoms with Crippen molar-refractivity contribution in [3.05, 3.63) is 59.9 Å². The molecule has 1 aromatic heterocycles. The van der Waals surface area contributed by atoms with Gasteiger partial charge >= 0.3 is 0 Å². The Labute approximate surface area is 124 Å². The van der Waals surface area contributed by atoms with Gasteiger partial charge in [-0.25, -0.2) is 13.1 Å². The second-order valence-electron chi connectivity index (χ2n) is 4.71. The molecule has 21 heavy (non-hydrogen) atoms. The van der Waals surface area contributed by atoms with E-state index in [1.165, 1.54) is 12.1 Å². The Bertz CT molecular complexity index is 668. The molecule has 0 saturated heterocycles. The van der Waals surface area contributed by atoms with Gasteiger partial charge in [0.15, 0.2) is 0 Å². The summed E-state index contributed by atoms with van der Waals surface area (Å²) >= 11 is 0. The van der Waals surface area contributed by atoms with Crippen molar-refractivity contribution in [2.24, 2.45) is 0 Å². The molecule has 6 heteroatoms. The molecule has 1 heterocycles. The van der Waals surface area contributed by atoms with Crippen LogP contribution in [0.1, 0.15) is 24.3 Å². The number of aromatic nitrogens is 1. The number of hydrogen-bond donors (Lipinski definition) is 2. The lowest BCUT2D eigenvalue weighted by Crippen LogP contribution is -2.26. The van der Waals surface area contributed by atoms with Crippen molar-refractivity contribution in [3.8, 4) is 0 Å². The first-order valence-corrected chi connectivity index (χ1v) is 8.15. The maximum atomic E-state index is 12.1. The van der Waals surface area contributed by atoms with Crippen molar-refractivity contribution in [1.29, 1.82) is 0 Å². The van der Waals surface area contributed by atoms with E-state index in [9.17, 15) is 13.5 Å². The van der Waals surface area contributed by atoms with E-state index in [0.29, 0.717) is 12.0 Å². The quantitative estimate of drug-likeness (QED) is 0.850. The minimum absolute atomic E-state index is 0.188. The van der Waals surface area contributed by atoms with Crippen LogP contribution < -0.4 is 4.72 Å². The minimum atomic E-state index is -3.53. The van der Waals surface area contributed by atoms with E-state index in [0.717, 1.165) is 5.69 Å². The molecule has 2 aromatic rings. The summed E-state index contributed by atoms with van der Waals surface area (Å²) in [5.41, 5.74) is 1.52. The second kappa shape index (κ2) is 6.80. The highest BCUT2D eigenvalue weighted by molar-refractivity contribution is 7.89. The van der Waals surface area contributed by atoms with Gasteiger partial charge in [0.25, 0.3) is 0 Å². The van der Waals surface area contributed by atoms with Gasteiger partial charge in [0.05, 0.1) is 11.0 Å². The van der Waals surface area contributed by atoms with Crippen LogP contribution in [-0.2, 0) is 16.4 Å². The smallest absolute Gasteiger partial charge is 0.240 e. The zero-order valence-electron chi connectivity index (χ0n) is 11.7. The van der Waals surface area contributed by atoms with Crippen molar-refractivity contribution in [1.82, 2.24) is 9.71 Å². The summed E-state index contributed by atoms with van der Waals surface area (Å²) in [4.78, 5) is 4.33. The van der Waals surface area contributed by atoms with Gasteiger partial charge in [-0.3, -0.25) is 4.98 Å². The van der Waals surface area contributed by atoms with Crippen molar-refractivity contribution < 1.29 is 13.5 Å². The molecule has 112 valence electrons. The fraction of sp³-hybridized carbons (Fsp3) is 0.267. The number of rotatable bonds is 6. The fourth-order valence-corrected chi connectivity index (χ4v) is 2.90. The Morgan fingerprint density at radius 3 is 2.48 bits per heavy atom. The second-order valence-corrected chi connectivity index (χ2v) is 6.48. The van der Waals surface area contributed by atoms with E-state index in [-0.39, 0.29) is 11.4 Å². The van der Waals surface area contributed by atoms with Crippen molar-refractivity contribution in [2.75, 3.05) is 6.54 Å². The van der Waals surface area contributed by atoms with Crippen molar-refractivity contribution in [2.45, 2.75) is 24.3 Å². The standard InChI is InChI=1S/C15H18N2O3S/c1-12(18)13-5-7-15(8-6-13)21(19,20)17-11-9-14-4-2-3-10-16-14/h2-8,10,12,17-18H,9,11H2,1H3. The van der Waals surface area contributed by atoms with Crippen LogP contribution in [0.3, 0.4) is 0 Å². The van der Waals surface area contributed by atoms with Crippen LogP contribution in [0.15, 0.2) is 53.6 Å². The molecule has 2 rings (SSSR count). The predicted molar refractivity (Wildman–Crippen MR) is 80.2 cm³/mol. The molecule has 5 nitrogen and oxygen atoms in total. The van der Waals surface area contributed by atoms with Crippen LogP contribution in [0.4, 0.5) is 0 Å². The average molecular weight is 306 g/mol. The first-order valence-electron chi connectivity index (χ1n) is 6.66. The predicted octanol–water partition coefficient (Wildman–Crippen LogP) is 1.66. The molecule has 0 radical (unpaired) electrons. The van der Waals surface area contributed by atoms with Gasteiger partial charge in [0.1, 0.15) is 0 Å². The summed E-state index contributed by atoms with van der Waals surface area (Å²) in [5, 5.41) is 9.41. The Hall–Kier alpha value is -1.76. The van der Waals surface area contributed by atoms with Crippen LogP contribution in [0.25, 0.3) is 0 Å². The number of sulfonamides is 1. The maximum Gasteiger partial charge on any atom is 0.240 e. The van der Waals surface area contributed by atoms with Gasteiger partial charge in [0, 0.05) is 24.9 Å². The number of pyridine rings is 1. The average Bonchev–Trinajstić information content (AvgIpc) is 2.48. The van der Waals surface area contributed by atoms with Gasteiger partial charge in [-0.15, -0.1) is 0 Å². The summed E-state index contributed by atoms with van der Waals surface area (Å²) in [5.74, 6) is 0. The van der Waals surface area contributed by atoms with Crippen LogP contribution in [0.2, 0.25) is 0 Å². The molecule has 0 aliphatic carbocycles. The van der Waals surface area contributed by atoms with E-state index in [1.54, 1.807) is 25.3 Å². The molecule has 0 aliphatic rings. The van der Waals surface area contributed by atoms with Gasteiger partial charge < -0.3 is 5.11 Å². The third kappa shape index (κ3) is 4.35. The number of benzene rings is 1. The molecule has 0 spiro atoms. The number of aliphatic hydroxyl groups excluding tert-OH is 1. The van der Waals surface area contributed by atoms with Gasteiger partial charge in [-0.2, -0.15) is 0 Å². The fourth-order valence-electron chi connectivity index (χ4n) is 1.87. The zero-order chi connectivity index (χ0) is 15.3. The summed E-state index contributed by atoms with van der Waals surface area (Å²) in [6.07, 6.45) is 1.60. The van der Waals surface area contributed by atoms with E-state index < -0.39 is 16.1 Å². The van der Waals surface area contributed by atoms with E-state index >= 15 is 0 Å². The molecule has 0 amide bonds. The maximum absolute atomic E-state index is 12.1. The third-order valence-corrected chi connectivity index (χ3v) is 4.55. The molecule has 0 aliphatic heterocycles. The highest BCUT2D eigenvalue weighted by Crippen LogP contribution is 2.15. The topological polar surface area (TPSA) is 79.3 Å². The van der Waals surface area contributed by atoms with Crippen molar-refractivity contribution >= 4 is 10.0 Å². The molecular weight excluding hydrogens is 288 g/mol. The number of nitrogens with zero attached hydrogens (tertiary/aromatic N) is 1. The number of nitrogens with one attached hydrogen (secondary N) is 1. The lowest BCUT2D eigenvalue weighted by molar-refractivity contribution is 0.199. The van der Waals surface area contributed by atoms with Crippen LogP contribution in [-0.4, -0.2) is 25.1 Å². The Morgan fingerprint density at radius 2 is 1.90 bits per heavy atom. The highest BCUT2D eigenvalue weighted by atomic mass is 32.2. The molecule has 0 bridgehead atoms.